The van der Waals surface area contributed by atoms with Gasteiger partial charge in [0.05, 0.1) is 23.1 Å². The van der Waals surface area contributed by atoms with Crippen molar-refractivity contribution < 1.29 is 9.18 Å². The lowest BCUT2D eigenvalue weighted by molar-refractivity contribution is -0.113. The molecule has 1 amide bonds. The number of nitrogens with zero attached hydrogens (tertiary/aromatic N) is 6. The van der Waals surface area contributed by atoms with E-state index in [0.29, 0.717) is 27.7 Å². The average Bonchev–Trinajstić information content (AvgIpc) is 3.42. The smallest absolute Gasteiger partial charge is 0.234 e. The highest BCUT2D eigenvalue weighted by Crippen LogP contribution is 2.24. The van der Waals surface area contributed by atoms with Crippen LogP contribution in [0.15, 0.2) is 72.1 Å². The predicted octanol–water partition coefficient (Wildman–Crippen LogP) is 3.79. The van der Waals surface area contributed by atoms with Gasteiger partial charge in [-0.05, 0) is 54.6 Å². The molecule has 0 saturated carbocycles. The Hall–Kier alpha value is -4.23. The van der Waals surface area contributed by atoms with Crippen molar-refractivity contribution in [1.82, 2.24) is 24.2 Å². The molecule has 0 aliphatic carbocycles. The number of anilines is 1. The number of nitriles is 1. The van der Waals surface area contributed by atoms with Crippen LogP contribution < -0.4 is 5.32 Å². The van der Waals surface area contributed by atoms with E-state index >= 15 is 0 Å². The molecule has 0 aliphatic rings. The van der Waals surface area contributed by atoms with Gasteiger partial charge in [0.1, 0.15) is 11.3 Å². The Balaban J connectivity index is 1.34. The van der Waals surface area contributed by atoms with E-state index in [1.807, 2.05) is 12.1 Å². The predicted molar refractivity (Wildman–Crippen MR) is 118 cm³/mol. The first-order chi connectivity index (χ1) is 15.6. The SMILES string of the molecule is N#Cc1ccc(NC(=O)CSc2nnc3c4cc(-c5ccc(F)cc5)nn4ccn23)cc1. The molecule has 1 N–H and O–H groups in total. The van der Waals surface area contributed by atoms with E-state index in [0.717, 1.165) is 11.1 Å². The molecular weight excluding hydrogens is 429 g/mol. The summed E-state index contributed by atoms with van der Waals surface area (Å²) in [4.78, 5) is 12.3. The van der Waals surface area contributed by atoms with Crippen LogP contribution in [-0.4, -0.2) is 35.9 Å². The molecule has 156 valence electrons. The van der Waals surface area contributed by atoms with Crippen LogP contribution in [0.5, 0.6) is 0 Å². The third kappa shape index (κ3) is 3.77. The standard InChI is InChI=1S/C22H14FN7OS/c23-16-5-3-15(4-6-16)18-11-19-21-26-27-22(29(21)9-10-30(19)28-18)32-13-20(31)25-17-7-1-14(12-24)2-8-17/h1-11H,13H2,(H,25,31). The molecule has 0 aliphatic heterocycles. The fourth-order valence-corrected chi connectivity index (χ4v) is 3.92. The molecule has 8 nitrogen and oxygen atoms in total. The summed E-state index contributed by atoms with van der Waals surface area (Å²) in [5.74, 6) is -0.353. The van der Waals surface area contributed by atoms with Crippen molar-refractivity contribution in [3.63, 3.8) is 0 Å². The van der Waals surface area contributed by atoms with Gasteiger partial charge in [-0.1, -0.05) is 11.8 Å². The van der Waals surface area contributed by atoms with Gasteiger partial charge in [0, 0.05) is 23.6 Å². The monoisotopic (exact) mass is 443 g/mol. The first-order valence-electron chi connectivity index (χ1n) is 9.52. The van der Waals surface area contributed by atoms with Crippen LogP contribution in [-0.2, 0) is 4.79 Å². The Labute approximate surface area is 185 Å². The number of halogens is 1. The van der Waals surface area contributed by atoms with Gasteiger partial charge in [0.25, 0.3) is 0 Å². The van der Waals surface area contributed by atoms with Crippen LogP contribution >= 0.6 is 11.8 Å². The van der Waals surface area contributed by atoms with E-state index in [-0.39, 0.29) is 17.5 Å². The number of hydrogen-bond acceptors (Lipinski definition) is 6. The molecule has 5 rings (SSSR count). The molecule has 5 aromatic rings. The van der Waals surface area contributed by atoms with Gasteiger partial charge in [0.2, 0.25) is 5.91 Å². The van der Waals surface area contributed by atoms with E-state index in [1.54, 1.807) is 57.7 Å². The van der Waals surface area contributed by atoms with Gasteiger partial charge >= 0.3 is 0 Å². The second-order valence-electron chi connectivity index (χ2n) is 6.87. The summed E-state index contributed by atoms with van der Waals surface area (Å²) in [5, 5.41) is 25.2. The molecule has 0 atom stereocenters. The number of thioether (sulfide) groups is 1. The second kappa shape index (κ2) is 8.13. The lowest BCUT2D eigenvalue weighted by Crippen LogP contribution is -2.14. The minimum atomic E-state index is -0.303. The van der Waals surface area contributed by atoms with Crippen molar-refractivity contribution in [1.29, 1.82) is 5.26 Å². The van der Waals surface area contributed by atoms with E-state index < -0.39 is 0 Å². The molecule has 2 aromatic carbocycles. The zero-order valence-corrected chi connectivity index (χ0v) is 17.3. The fourth-order valence-electron chi connectivity index (χ4n) is 3.21. The molecule has 0 unspecified atom stereocenters. The summed E-state index contributed by atoms with van der Waals surface area (Å²) in [6, 6.07) is 16.7. The van der Waals surface area contributed by atoms with Gasteiger partial charge in [-0.25, -0.2) is 8.91 Å². The highest BCUT2D eigenvalue weighted by Gasteiger charge is 2.14. The zero-order chi connectivity index (χ0) is 22.1. The molecule has 32 heavy (non-hydrogen) atoms. The van der Waals surface area contributed by atoms with Gasteiger partial charge in [0.15, 0.2) is 10.8 Å². The summed E-state index contributed by atoms with van der Waals surface area (Å²) in [5.41, 5.74) is 3.98. The highest BCUT2D eigenvalue weighted by atomic mass is 32.2. The number of benzene rings is 2. The van der Waals surface area contributed by atoms with E-state index in [9.17, 15) is 9.18 Å². The summed E-state index contributed by atoms with van der Waals surface area (Å²) in [7, 11) is 0. The number of carbonyl (C=O) groups excluding carboxylic acids is 1. The largest absolute Gasteiger partial charge is 0.325 e. The van der Waals surface area contributed by atoms with Gasteiger partial charge in [-0.2, -0.15) is 10.4 Å². The van der Waals surface area contributed by atoms with Crippen molar-refractivity contribution >= 4 is 34.5 Å². The zero-order valence-electron chi connectivity index (χ0n) is 16.4. The number of fused-ring (bicyclic) bond motifs is 3. The van der Waals surface area contributed by atoms with Crippen molar-refractivity contribution in [2.45, 2.75) is 5.16 Å². The van der Waals surface area contributed by atoms with Crippen LogP contribution in [0.4, 0.5) is 10.1 Å². The molecule has 0 spiro atoms. The van der Waals surface area contributed by atoms with E-state index in [4.69, 9.17) is 5.26 Å². The lowest BCUT2D eigenvalue weighted by atomic mass is 10.1. The molecule has 0 bridgehead atoms. The van der Waals surface area contributed by atoms with Crippen LogP contribution in [0.1, 0.15) is 5.56 Å². The van der Waals surface area contributed by atoms with Gasteiger partial charge in [-0.3, -0.25) is 9.20 Å². The summed E-state index contributed by atoms with van der Waals surface area (Å²) < 4.78 is 16.7. The average molecular weight is 443 g/mol. The third-order valence-corrected chi connectivity index (χ3v) is 5.70. The Morgan fingerprint density at radius 2 is 1.88 bits per heavy atom. The molecule has 0 radical (unpaired) electrons. The minimum absolute atomic E-state index is 0.145. The molecule has 3 heterocycles. The number of rotatable bonds is 5. The van der Waals surface area contributed by atoms with E-state index in [1.165, 1.54) is 23.9 Å². The molecule has 3 aromatic heterocycles. The number of aromatic nitrogens is 5. The Morgan fingerprint density at radius 1 is 1.09 bits per heavy atom. The molecule has 10 heteroatoms. The van der Waals surface area contributed by atoms with Crippen molar-refractivity contribution in [2.24, 2.45) is 0 Å². The first-order valence-corrected chi connectivity index (χ1v) is 10.5. The van der Waals surface area contributed by atoms with Crippen LogP contribution in [0, 0.1) is 17.1 Å². The first kappa shape index (κ1) is 19.7. The second-order valence-corrected chi connectivity index (χ2v) is 7.81. The number of hydrogen-bond donors (Lipinski definition) is 1. The Bertz CT molecular complexity index is 1480. The summed E-state index contributed by atoms with van der Waals surface area (Å²) >= 11 is 1.26. The van der Waals surface area contributed by atoms with Gasteiger partial charge < -0.3 is 5.32 Å². The van der Waals surface area contributed by atoms with Crippen molar-refractivity contribution in [2.75, 3.05) is 11.1 Å². The molecule has 0 fully saturated rings. The van der Waals surface area contributed by atoms with Crippen molar-refractivity contribution in [3.05, 3.63) is 78.4 Å². The van der Waals surface area contributed by atoms with E-state index in [2.05, 4.69) is 20.6 Å². The molecular formula is C22H14FN7OS. The maximum atomic E-state index is 13.2. The van der Waals surface area contributed by atoms with Gasteiger partial charge in [-0.15, -0.1) is 10.2 Å². The number of carbonyl (C=O) groups is 1. The normalized spacial score (nSPS) is 11.0. The number of amides is 1. The quantitative estimate of drug-likeness (QED) is 0.415. The summed E-state index contributed by atoms with van der Waals surface area (Å²) in [6.45, 7) is 0. The van der Waals surface area contributed by atoms with Crippen LogP contribution in [0.25, 0.3) is 22.4 Å². The Kier molecular flexibility index (Phi) is 5.01. The van der Waals surface area contributed by atoms with Crippen LogP contribution in [0.3, 0.4) is 0 Å². The third-order valence-electron chi connectivity index (χ3n) is 4.76. The van der Waals surface area contributed by atoms with Crippen LogP contribution in [0.2, 0.25) is 0 Å². The Morgan fingerprint density at radius 3 is 2.62 bits per heavy atom. The van der Waals surface area contributed by atoms with Crippen molar-refractivity contribution in [3.8, 4) is 17.3 Å². The maximum absolute atomic E-state index is 13.2. The minimum Gasteiger partial charge on any atom is -0.325 e. The summed E-state index contributed by atoms with van der Waals surface area (Å²) in [6.07, 6.45) is 3.56. The topological polar surface area (TPSA) is 100 Å². The fraction of sp³-hybridized carbons (Fsp3) is 0.0455. The molecule has 0 saturated heterocycles. The lowest BCUT2D eigenvalue weighted by Gasteiger charge is -2.04. The highest BCUT2D eigenvalue weighted by molar-refractivity contribution is 7.99. The maximum Gasteiger partial charge on any atom is 0.234 e. The number of nitrogens with one attached hydrogen (secondary N) is 1.